The minimum absolute atomic E-state index is 0.125. The maximum atomic E-state index is 12.1. The lowest BCUT2D eigenvalue weighted by Crippen LogP contribution is -2.25. The third-order valence-electron chi connectivity index (χ3n) is 3.13. The van der Waals surface area contributed by atoms with Gasteiger partial charge in [-0.05, 0) is 36.2 Å². The molecule has 2 rings (SSSR count). The van der Waals surface area contributed by atoms with E-state index < -0.39 is 10.8 Å². The van der Waals surface area contributed by atoms with Crippen molar-refractivity contribution in [2.75, 3.05) is 19.4 Å². The number of carbonyl (C=O) groups excluding carboxylic acids is 1. The summed E-state index contributed by atoms with van der Waals surface area (Å²) in [5.74, 6) is 1.13. The molecule has 0 bridgehead atoms. The van der Waals surface area contributed by atoms with Crippen LogP contribution in [0.5, 0.6) is 0 Å². The Bertz CT molecular complexity index is 640. The van der Waals surface area contributed by atoms with Gasteiger partial charge < -0.3 is 14.5 Å². The first-order valence-corrected chi connectivity index (χ1v) is 9.15. The lowest BCUT2D eigenvalue weighted by Gasteiger charge is -2.07. The Labute approximate surface area is 138 Å². The molecule has 0 saturated heterocycles. The Morgan fingerprint density at radius 2 is 2.17 bits per heavy atom. The van der Waals surface area contributed by atoms with Gasteiger partial charge >= 0.3 is 0 Å². The van der Waals surface area contributed by atoms with Crippen molar-refractivity contribution in [3.8, 4) is 0 Å². The number of nitrogens with one attached hydrogen (secondary N) is 1. The van der Waals surface area contributed by atoms with Crippen LogP contribution in [-0.4, -0.2) is 29.5 Å². The van der Waals surface area contributed by atoms with Gasteiger partial charge in [-0.3, -0.25) is 9.00 Å². The normalized spacial score (nSPS) is 12.0. The van der Waals surface area contributed by atoms with Crippen molar-refractivity contribution in [1.82, 2.24) is 5.32 Å². The zero-order valence-electron chi connectivity index (χ0n) is 13.1. The first kappa shape index (κ1) is 17.4. The monoisotopic (exact) mass is 335 g/mol. The summed E-state index contributed by atoms with van der Waals surface area (Å²) in [4.78, 5) is 12.1. The highest BCUT2D eigenvalue weighted by molar-refractivity contribution is 7.83. The number of carbonyl (C=O) groups is 1. The van der Waals surface area contributed by atoms with Gasteiger partial charge in [0.05, 0.1) is 6.26 Å². The maximum Gasteiger partial charge on any atom is 0.251 e. The molecule has 0 spiro atoms. The van der Waals surface area contributed by atoms with Gasteiger partial charge in [0.15, 0.2) is 0 Å². The largest absolute Gasteiger partial charge is 0.467 e. The van der Waals surface area contributed by atoms with Gasteiger partial charge in [0.25, 0.3) is 5.91 Å². The molecular weight excluding hydrogens is 314 g/mol. The van der Waals surface area contributed by atoms with Gasteiger partial charge in [-0.15, -0.1) is 0 Å². The van der Waals surface area contributed by atoms with Crippen molar-refractivity contribution in [2.24, 2.45) is 0 Å². The molecule has 2 aromatic rings. The van der Waals surface area contributed by atoms with Gasteiger partial charge in [0, 0.05) is 41.5 Å². The van der Waals surface area contributed by atoms with Crippen molar-refractivity contribution < 1.29 is 18.2 Å². The maximum absolute atomic E-state index is 12.1. The summed E-state index contributed by atoms with van der Waals surface area (Å²) in [5, 5.41) is 2.85. The highest BCUT2D eigenvalue weighted by atomic mass is 32.2. The zero-order chi connectivity index (χ0) is 16.5. The second kappa shape index (κ2) is 9.27. The minimum Gasteiger partial charge on any atom is -0.467 e. The fraction of sp³-hybridized carbons (Fsp3) is 0.353. The van der Waals surface area contributed by atoms with Crippen molar-refractivity contribution in [3.05, 3.63) is 59.5 Å². The lowest BCUT2D eigenvalue weighted by molar-refractivity contribution is 0.0917. The van der Waals surface area contributed by atoms with E-state index in [1.807, 2.05) is 24.3 Å². The first-order valence-electron chi connectivity index (χ1n) is 7.42. The Hall–Kier alpha value is -1.92. The fourth-order valence-corrected chi connectivity index (χ4v) is 2.73. The molecule has 1 heterocycles. The summed E-state index contributed by atoms with van der Waals surface area (Å²) in [6.07, 6.45) is 3.99. The number of hydrogen-bond donors (Lipinski definition) is 1. The fourth-order valence-electron chi connectivity index (χ4n) is 2.08. The van der Waals surface area contributed by atoms with Crippen LogP contribution < -0.4 is 5.32 Å². The van der Waals surface area contributed by atoms with Crippen LogP contribution in [0.2, 0.25) is 0 Å². The van der Waals surface area contributed by atoms with Gasteiger partial charge in [-0.2, -0.15) is 0 Å². The summed E-state index contributed by atoms with van der Waals surface area (Å²) < 4.78 is 21.8. The van der Waals surface area contributed by atoms with Crippen LogP contribution in [0.25, 0.3) is 0 Å². The standard InChI is InChI=1S/C17H21NO4S/c1-23(20)13-14-5-2-6-15(11-14)17(19)18-8-4-9-21-12-16-7-3-10-22-16/h2-3,5-7,10-11H,4,8-9,12-13H2,1H3,(H,18,19). The van der Waals surface area contributed by atoms with Crippen molar-refractivity contribution in [2.45, 2.75) is 18.8 Å². The van der Waals surface area contributed by atoms with Gasteiger partial charge in [0.1, 0.15) is 12.4 Å². The summed E-state index contributed by atoms with van der Waals surface area (Å²) in [6.45, 7) is 1.54. The molecule has 0 aliphatic heterocycles. The Morgan fingerprint density at radius 1 is 1.30 bits per heavy atom. The molecule has 1 aromatic heterocycles. The summed E-state index contributed by atoms with van der Waals surface area (Å²) in [7, 11) is -0.916. The number of ether oxygens (including phenoxy) is 1. The quantitative estimate of drug-likeness (QED) is 0.715. The number of rotatable bonds is 9. The van der Waals surface area contributed by atoms with E-state index in [2.05, 4.69) is 5.32 Å². The second-order valence-corrected chi connectivity index (χ2v) is 6.59. The van der Waals surface area contributed by atoms with Crippen LogP contribution in [0.15, 0.2) is 47.1 Å². The third-order valence-corrected chi connectivity index (χ3v) is 3.87. The van der Waals surface area contributed by atoms with E-state index in [-0.39, 0.29) is 5.91 Å². The number of hydrogen-bond acceptors (Lipinski definition) is 4. The molecule has 0 saturated carbocycles. The number of benzene rings is 1. The Balaban J connectivity index is 1.67. The number of furan rings is 1. The first-order chi connectivity index (χ1) is 11.1. The molecule has 1 N–H and O–H groups in total. The van der Waals surface area contributed by atoms with E-state index in [0.29, 0.717) is 31.1 Å². The number of amides is 1. The van der Waals surface area contributed by atoms with Crippen LogP contribution in [0.1, 0.15) is 28.1 Å². The lowest BCUT2D eigenvalue weighted by atomic mass is 10.1. The minimum atomic E-state index is -0.916. The van der Waals surface area contributed by atoms with E-state index >= 15 is 0 Å². The van der Waals surface area contributed by atoms with E-state index in [9.17, 15) is 9.00 Å². The molecule has 1 amide bonds. The molecule has 0 aliphatic rings. The molecule has 0 radical (unpaired) electrons. The average molecular weight is 335 g/mol. The van der Waals surface area contributed by atoms with Crippen LogP contribution >= 0.6 is 0 Å². The summed E-state index contributed by atoms with van der Waals surface area (Å²) in [5.41, 5.74) is 1.49. The third kappa shape index (κ3) is 6.38. The highest BCUT2D eigenvalue weighted by Gasteiger charge is 2.06. The molecule has 0 aliphatic carbocycles. The molecule has 0 fully saturated rings. The Morgan fingerprint density at radius 3 is 2.91 bits per heavy atom. The Kier molecular flexibility index (Phi) is 7.03. The predicted molar refractivity (Wildman–Crippen MR) is 89.5 cm³/mol. The molecule has 5 nitrogen and oxygen atoms in total. The topological polar surface area (TPSA) is 68.5 Å². The van der Waals surface area contributed by atoms with E-state index in [0.717, 1.165) is 17.7 Å². The van der Waals surface area contributed by atoms with E-state index in [1.165, 1.54) is 0 Å². The summed E-state index contributed by atoms with van der Waals surface area (Å²) >= 11 is 0. The smallest absolute Gasteiger partial charge is 0.251 e. The van der Waals surface area contributed by atoms with Crippen molar-refractivity contribution >= 4 is 16.7 Å². The molecule has 23 heavy (non-hydrogen) atoms. The SMILES string of the molecule is CS(=O)Cc1cccc(C(=O)NCCCOCc2ccco2)c1. The van der Waals surface area contributed by atoms with Crippen molar-refractivity contribution in [1.29, 1.82) is 0 Å². The zero-order valence-corrected chi connectivity index (χ0v) is 13.9. The summed E-state index contributed by atoms with van der Waals surface area (Å²) in [6, 6.07) is 10.9. The van der Waals surface area contributed by atoms with Gasteiger partial charge in [0.2, 0.25) is 0 Å². The molecular formula is C17H21NO4S. The van der Waals surface area contributed by atoms with E-state index in [1.54, 1.807) is 24.7 Å². The average Bonchev–Trinajstić information content (AvgIpc) is 3.03. The van der Waals surface area contributed by atoms with Crippen LogP contribution in [0, 0.1) is 0 Å². The van der Waals surface area contributed by atoms with Crippen LogP contribution in [-0.2, 0) is 27.9 Å². The van der Waals surface area contributed by atoms with Gasteiger partial charge in [-0.25, -0.2) is 0 Å². The second-order valence-electron chi connectivity index (χ2n) is 5.16. The molecule has 124 valence electrons. The molecule has 1 aromatic carbocycles. The highest BCUT2D eigenvalue weighted by Crippen LogP contribution is 2.07. The molecule has 6 heteroatoms. The van der Waals surface area contributed by atoms with E-state index in [4.69, 9.17) is 9.15 Å². The predicted octanol–water partition coefficient (Wildman–Crippen LogP) is 2.49. The van der Waals surface area contributed by atoms with Crippen LogP contribution in [0.3, 0.4) is 0 Å². The van der Waals surface area contributed by atoms with Crippen LogP contribution in [0.4, 0.5) is 0 Å². The van der Waals surface area contributed by atoms with Crippen molar-refractivity contribution in [3.63, 3.8) is 0 Å². The van der Waals surface area contributed by atoms with Gasteiger partial charge in [-0.1, -0.05) is 12.1 Å². The molecule has 1 unspecified atom stereocenters. The molecule has 1 atom stereocenters.